The maximum absolute atomic E-state index is 12.8. The monoisotopic (exact) mass is 393 g/mol. The van der Waals surface area contributed by atoms with Crippen LogP contribution in [-0.2, 0) is 0 Å². The molecule has 7 heteroatoms. The normalized spacial score (nSPS) is 11.9. The van der Waals surface area contributed by atoms with Gasteiger partial charge in [0.2, 0.25) is 4.96 Å². The fraction of sp³-hybridized carbons (Fsp3) is 0.190. The first-order valence-electron chi connectivity index (χ1n) is 8.97. The molecular formula is C21H19N3O3S. The van der Waals surface area contributed by atoms with Gasteiger partial charge in [0, 0.05) is 11.1 Å². The molecule has 0 spiro atoms. The minimum atomic E-state index is -0.183. The van der Waals surface area contributed by atoms with E-state index in [1.807, 2.05) is 54.6 Å². The lowest BCUT2D eigenvalue weighted by Crippen LogP contribution is -2.23. The average molecular weight is 393 g/mol. The zero-order chi connectivity index (χ0) is 19.5. The van der Waals surface area contributed by atoms with Gasteiger partial charge < -0.3 is 9.47 Å². The van der Waals surface area contributed by atoms with Gasteiger partial charge in [0.15, 0.2) is 5.82 Å². The standard InChI is InChI=1S/C21H19N3O3S/c1-3-12-27-17-7-5-4-6-15(17)13-18-20(25)24-21(28-18)22-19(23-24)14-8-10-16(26-2)11-9-14/h4-11,13H,3,12H2,1-2H3. The quantitative estimate of drug-likeness (QED) is 0.503. The molecule has 2 heterocycles. The molecule has 0 N–H and O–H groups in total. The van der Waals surface area contributed by atoms with Crippen molar-refractivity contribution in [1.29, 1.82) is 0 Å². The molecular weight excluding hydrogens is 374 g/mol. The number of fused-ring (bicyclic) bond motifs is 1. The third-order valence-corrected chi connectivity index (χ3v) is 5.16. The molecule has 0 aliphatic heterocycles. The van der Waals surface area contributed by atoms with E-state index in [0.717, 1.165) is 29.0 Å². The van der Waals surface area contributed by atoms with Gasteiger partial charge in [-0.25, -0.2) is 0 Å². The lowest BCUT2D eigenvalue weighted by molar-refractivity contribution is 0.317. The minimum absolute atomic E-state index is 0.183. The molecule has 4 aromatic rings. The number of para-hydroxylation sites is 1. The van der Waals surface area contributed by atoms with Crippen molar-refractivity contribution < 1.29 is 9.47 Å². The molecule has 0 radical (unpaired) electrons. The SMILES string of the molecule is CCCOc1ccccc1C=c1sc2nc(-c3ccc(OC)cc3)nn2c1=O. The molecule has 0 saturated carbocycles. The van der Waals surface area contributed by atoms with Crippen LogP contribution < -0.4 is 19.6 Å². The summed E-state index contributed by atoms with van der Waals surface area (Å²) in [5.41, 5.74) is 1.52. The highest BCUT2D eigenvalue weighted by atomic mass is 32.1. The Morgan fingerprint density at radius 2 is 1.93 bits per heavy atom. The zero-order valence-corrected chi connectivity index (χ0v) is 16.4. The molecule has 2 aromatic heterocycles. The summed E-state index contributed by atoms with van der Waals surface area (Å²) in [5.74, 6) is 2.04. The number of thiazole rings is 1. The van der Waals surface area contributed by atoms with Crippen molar-refractivity contribution in [2.45, 2.75) is 13.3 Å². The van der Waals surface area contributed by atoms with Gasteiger partial charge in [-0.3, -0.25) is 4.79 Å². The molecule has 0 bridgehead atoms. The van der Waals surface area contributed by atoms with Gasteiger partial charge in [0.1, 0.15) is 11.5 Å². The van der Waals surface area contributed by atoms with Gasteiger partial charge in [-0.05, 0) is 42.8 Å². The largest absolute Gasteiger partial charge is 0.497 e. The van der Waals surface area contributed by atoms with Crippen molar-refractivity contribution in [3.05, 3.63) is 69.0 Å². The molecule has 0 aliphatic carbocycles. The Bertz CT molecular complexity index is 1210. The zero-order valence-electron chi connectivity index (χ0n) is 15.6. The fourth-order valence-corrected chi connectivity index (χ4v) is 3.68. The molecule has 142 valence electrons. The molecule has 0 fully saturated rings. The van der Waals surface area contributed by atoms with Crippen molar-refractivity contribution in [1.82, 2.24) is 14.6 Å². The maximum Gasteiger partial charge on any atom is 0.291 e. The van der Waals surface area contributed by atoms with Crippen LogP contribution in [0.3, 0.4) is 0 Å². The van der Waals surface area contributed by atoms with Crippen LogP contribution in [0.15, 0.2) is 53.3 Å². The fourth-order valence-electron chi connectivity index (χ4n) is 2.78. The van der Waals surface area contributed by atoms with Crippen LogP contribution in [0.25, 0.3) is 22.4 Å². The summed E-state index contributed by atoms with van der Waals surface area (Å²) in [4.78, 5) is 17.9. The minimum Gasteiger partial charge on any atom is -0.497 e. The Balaban J connectivity index is 1.72. The number of rotatable bonds is 6. The second-order valence-electron chi connectivity index (χ2n) is 6.16. The second-order valence-corrected chi connectivity index (χ2v) is 7.17. The van der Waals surface area contributed by atoms with Crippen LogP contribution in [0.2, 0.25) is 0 Å². The molecule has 0 unspecified atom stereocenters. The van der Waals surface area contributed by atoms with E-state index in [-0.39, 0.29) is 5.56 Å². The van der Waals surface area contributed by atoms with E-state index >= 15 is 0 Å². The summed E-state index contributed by atoms with van der Waals surface area (Å²) in [5, 5.41) is 4.38. The number of benzene rings is 2. The van der Waals surface area contributed by atoms with Crippen molar-refractivity contribution in [3.63, 3.8) is 0 Å². The lowest BCUT2D eigenvalue weighted by Gasteiger charge is -2.07. The molecule has 2 aromatic carbocycles. The Morgan fingerprint density at radius 3 is 2.64 bits per heavy atom. The smallest absolute Gasteiger partial charge is 0.291 e. The van der Waals surface area contributed by atoms with E-state index < -0.39 is 0 Å². The topological polar surface area (TPSA) is 65.7 Å². The summed E-state index contributed by atoms with van der Waals surface area (Å²) < 4.78 is 12.9. The van der Waals surface area contributed by atoms with Gasteiger partial charge >= 0.3 is 0 Å². The van der Waals surface area contributed by atoms with E-state index in [9.17, 15) is 4.79 Å². The van der Waals surface area contributed by atoms with Crippen molar-refractivity contribution in [2.75, 3.05) is 13.7 Å². The number of aromatic nitrogens is 3. The number of methoxy groups -OCH3 is 1. The molecule has 0 atom stereocenters. The van der Waals surface area contributed by atoms with E-state index in [1.54, 1.807) is 7.11 Å². The number of hydrogen-bond acceptors (Lipinski definition) is 6. The Kier molecular flexibility index (Phi) is 5.08. The van der Waals surface area contributed by atoms with E-state index in [4.69, 9.17) is 9.47 Å². The first-order chi connectivity index (χ1) is 13.7. The van der Waals surface area contributed by atoms with Crippen molar-refractivity contribution >= 4 is 22.4 Å². The van der Waals surface area contributed by atoms with Gasteiger partial charge in [-0.1, -0.05) is 36.5 Å². The van der Waals surface area contributed by atoms with Crippen molar-refractivity contribution in [3.8, 4) is 22.9 Å². The summed E-state index contributed by atoms with van der Waals surface area (Å²) in [7, 11) is 1.62. The van der Waals surface area contributed by atoms with E-state index in [1.165, 1.54) is 15.9 Å². The predicted molar refractivity (Wildman–Crippen MR) is 110 cm³/mol. The van der Waals surface area contributed by atoms with Gasteiger partial charge in [0.25, 0.3) is 5.56 Å². The Morgan fingerprint density at radius 1 is 1.14 bits per heavy atom. The van der Waals surface area contributed by atoms with Crippen molar-refractivity contribution in [2.24, 2.45) is 0 Å². The number of ether oxygens (including phenoxy) is 2. The highest BCUT2D eigenvalue weighted by Crippen LogP contribution is 2.21. The van der Waals surface area contributed by atoms with Crippen LogP contribution >= 0.6 is 11.3 Å². The third-order valence-electron chi connectivity index (χ3n) is 4.20. The average Bonchev–Trinajstić information content (AvgIpc) is 3.27. The van der Waals surface area contributed by atoms with Crippen LogP contribution in [0, 0.1) is 0 Å². The predicted octanol–water partition coefficient (Wildman–Crippen LogP) is 3.16. The highest BCUT2D eigenvalue weighted by Gasteiger charge is 2.12. The summed E-state index contributed by atoms with van der Waals surface area (Å²) in [6, 6.07) is 15.1. The number of nitrogens with zero attached hydrogens (tertiary/aromatic N) is 3. The van der Waals surface area contributed by atoms with Gasteiger partial charge in [0.05, 0.1) is 18.2 Å². The summed E-state index contributed by atoms with van der Waals surface area (Å²) >= 11 is 1.32. The molecule has 0 saturated heterocycles. The van der Waals surface area contributed by atoms with Crippen LogP contribution in [0.4, 0.5) is 0 Å². The van der Waals surface area contributed by atoms with Gasteiger partial charge in [-0.15, -0.1) is 5.10 Å². The molecule has 0 amide bonds. The second kappa shape index (κ2) is 7.82. The molecule has 4 rings (SSSR count). The summed E-state index contributed by atoms with van der Waals surface area (Å²) in [6.07, 6.45) is 2.76. The summed E-state index contributed by atoms with van der Waals surface area (Å²) in [6.45, 7) is 2.69. The molecule has 0 aliphatic rings. The Labute approximate surface area is 165 Å². The van der Waals surface area contributed by atoms with E-state index in [2.05, 4.69) is 17.0 Å². The lowest BCUT2D eigenvalue weighted by atomic mass is 10.2. The highest BCUT2D eigenvalue weighted by molar-refractivity contribution is 7.15. The first-order valence-corrected chi connectivity index (χ1v) is 9.79. The molecule has 28 heavy (non-hydrogen) atoms. The third kappa shape index (κ3) is 3.48. The first kappa shape index (κ1) is 18.2. The van der Waals surface area contributed by atoms with Crippen LogP contribution in [0.1, 0.15) is 18.9 Å². The Hall–Kier alpha value is -3.19. The van der Waals surface area contributed by atoms with Crippen LogP contribution in [-0.4, -0.2) is 28.3 Å². The maximum atomic E-state index is 12.8. The van der Waals surface area contributed by atoms with Gasteiger partial charge in [-0.2, -0.15) is 9.50 Å². The molecule has 6 nitrogen and oxygen atoms in total. The van der Waals surface area contributed by atoms with E-state index in [0.29, 0.717) is 21.9 Å². The number of hydrogen-bond donors (Lipinski definition) is 0. The van der Waals surface area contributed by atoms with Crippen LogP contribution in [0.5, 0.6) is 11.5 Å².